The Hall–Kier alpha value is -1.67. The fraction of sp³-hybridized carbons (Fsp3) is 0.811. The molecule has 0 radical (unpaired) electrons. The predicted molar refractivity (Wildman–Crippen MR) is 178 cm³/mol. The van der Waals surface area contributed by atoms with Crippen molar-refractivity contribution in [1.82, 2.24) is 0 Å². The van der Waals surface area contributed by atoms with Crippen molar-refractivity contribution in [2.24, 2.45) is 45.3 Å². The van der Waals surface area contributed by atoms with E-state index < -0.39 is 30.3 Å². The van der Waals surface area contributed by atoms with Gasteiger partial charge >= 0.3 is 17.9 Å². The molecule has 0 amide bonds. The van der Waals surface area contributed by atoms with Gasteiger partial charge in [0.2, 0.25) is 6.79 Å². The van der Waals surface area contributed by atoms with E-state index in [0.717, 1.165) is 37.7 Å². The lowest BCUT2D eigenvalue weighted by Crippen LogP contribution is -2.65. The first-order valence-corrected chi connectivity index (χ1v) is 17.9. The van der Waals surface area contributed by atoms with Gasteiger partial charge in [0.15, 0.2) is 0 Å². The number of allylic oxidation sites excluding steroid dienone is 3. The molecule has 4 aliphatic carbocycles. The minimum atomic E-state index is -0.692. The maximum Gasteiger partial charge on any atom is 0.336 e. The normalized spacial score (nSPS) is 40.3. The highest BCUT2D eigenvalue weighted by Crippen LogP contribution is 2.74. The first kappa shape index (κ1) is 36.2. The van der Waals surface area contributed by atoms with E-state index in [2.05, 4.69) is 49.7 Å². The van der Waals surface area contributed by atoms with Gasteiger partial charge in [-0.3, -0.25) is 9.59 Å². The highest BCUT2D eigenvalue weighted by Gasteiger charge is 2.70. The molecule has 4 fully saturated rings. The Labute approximate surface area is 279 Å². The first-order chi connectivity index (χ1) is 20.8. The third kappa shape index (κ3) is 6.58. The Kier molecular flexibility index (Phi) is 10.5. The maximum atomic E-state index is 13.8. The van der Waals surface area contributed by atoms with Crippen LogP contribution < -0.4 is 0 Å². The number of hydrogen-bond acceptors (Lipinski definition) is 7. The number of hydrogen-bond donors (Lipinski definition) is 1. The molecule has 8 heteroatoms. The number of fused-ring (bicyclic) bond motifs is 5. The predicted octanol–water partition coefficient (Wildman–Crippen LogP) is 8.07. The molecule has 254 valence electrons. The number of aliphatic hydroxyl groups excluding tert-OH is 1. The molecule has 10 atom stereocenters. The van der Waals surface area contributed by atoms with Crippen molar-refractivity contribution in [1.29, 1.82) is 0 Å². The number of rotatable bonds is 7. The third-order valence-corrected chi connectivity index (χ3v) is 13.3. The van der Waals surface area contributed by atoms with Gasteiger partial charge in [-0.1, -0.05) is 55.3 Å². The van der Waals surface area contributed by atoms with Gasteiger partial charge < -0.3 is 19.3 Å². The zero-order valence-electron chi connectivity index (χ0n) is 29.3. The minimum absolute atomic E-state index is 0.0134. The van der Waals surface area contributed by atoms with Crippen LogP contribution >= 0.6 is 15.9 Å². The van der Waals surface area contributed by atoms with Crippen LogP contribution in [0, 0.1) is 45.3 Å². The fourth-order valence-electron chi connectivity index (χ4n) is 10.3. The number of halogens is 1. The quantitative estimate of drug-likeness (QED) is 0.0947. The molecule has 4 saturated carbocycles. The van der Waals surface area contributed by atoms with Crippen LogP contribution in [0.5, 0.6) is 0 Å². The molecule has 0 aromatic rings. The van der Waals surface area contributed by atoms with E-state index in [0.29, 0.717) is 30.8 Å². The summed E-state index contributed by atoms with van der Waals surface area (Å²) in [5.41, 5.74) is 1.80. The molecule has 0 aromatic heterocycles. The molecule has 0 spiro atoms. The minimum Gasteiger partial charge on any atom is -0.462 e. The van der Waals surface area contributed by atoms with Crippen molar-refractivity contribution in [2.45, 2.75) is 138 Å². The Morgan fingerprint density at radius 1 is 1.02 bits per heavy atom. The molecule has 7 nitrogen and oxygen atoms in total. The fourth-order valence-corrected chi connectivity index (χ4v) is 11.5. The van der Waals surface area contributed by atoms with Crippen LogP contribution in [0.15, 0.2) is 22.8 Å². The average molecular weight is 694 g/mol. The average Bonchev–Trinajstić information content (AvgIpc) is 3.17. The molecular weight excluding hydrogens is 636 g/mol. The molecule has 0 bridgehead atoms. The zero-order chi connectivity index (χ0) is 33.7. The van der Waals surface area contributed by atoms with Crippen LogP contribution in [0.4, 0.5) is 0 Å². The SMILES string of the molecule is CC(=O)O[C@@H]1CC[C@@]2(C)C(CC[C@@]3(C)C2[C@H](O)CC2/C(=C(\CCC=C(C)C)C(=O)OCOC(=O)C(C)(C)C)[C@H](Br)C[C@@]23C)[C@@H]1C. The lowest BCUT2D eigenvalue weighted by Gasteiger charge is -2.69. The van der Waals surface area contributed by atoms with Gasteiger partial charge in [0.05, 0.1) is 11.5 Å². The van der Waals surface area contributed by atoms with E-state index in [9.17, 15) is 19.5 Å². The smallest absolute Gasteiger partial charge is 0.336 e. The lowest BCUT2D eigenvalue weighted by atomic mass is 9.36. The summed E-state index contributed by atoms with van der Waals surface area (Å²) in [7, 11) is 0. The standard InChI is InChI=1S/C37H57BrO7/c1-21(2)12-11-13-24(32(41)43-20-44-33(42)34(5,6)7)30-26-18-28(40)31-35(8)16-15-29(45-23(4)39)22(3)25(35)14-17-36(31,9)37(26,10)19-27(30)38/h12,22,25-29,31,40H,11,13-20H2,1-10H3/b30-24-/t22-,25?,26?,27+,28+,29+,31?,35-,36-,37-/m0/s1. The molecular formula is C37H57BrO7. The molecule has 0 heterocycles. The highest BCUT2D eigenvalue weighted by atomic mass is 79.9. The molecule has 4 rings (SSSR count). The second-order valence-electron chi connectivity index (χ2n) is 16.5. The largest absolute Gasteiger partial charge is 0.462 e. The van der Waals surface area contributed by atoms with Crippen molar-refractivity contribution in [3.63, 3.8) is 0 Å². The van der Waals surface area contributed by atoms with Crippen molar-refractivity contribution < 1.29 is 33.7 Å². The van der Waals surface area contributed by atoms with Gasteiger partial charge in [-0.05, 0) is 131 Å². The second-order valence-corrected chi connectivity index (χ2v) is 17.6. The zero-order valence-corrected chi connectivity index (χ0v) is 30.8. The number of esters is 3. The maximum absolute atomic E-state index is 13.8. The van der Waals surface area contributed by atoms with E-state index in [1.54, 1.807) is 20.8 Å². The van der Waals surface area contributed by atoms with Crippen LogP contribution in [0.25, 0.3) is 0 Å². The number of ether oxygens (including phenoxy) is 3. The van der Waals surface area contributed by atoms with E-state index in [1.807, 2.05) is 13.8 Å². The van der Waals surface area contributed by atoms with Crippen molar-refractivity contribution >= 4 is 33.8 Å². The monoisotopic (exact) mass is 692 g/mol. The molecule has 45 heavy (non-hydrogen) atoms. The van der Waals surface area contributed by atoms with Crippen LogP contribution in [-0.2, 0) is 28.6 Å². The number of carbonyl (C=O) groups is 3. The van der Waals surface area contributed by atoms with Gasteiger partial charge in [0.1, 0.15) is 6.10 Å². The number of aliphatic hydroxyl groups is 1. The van der Waals surface area contributed by atoms with Gasteiger partial charge in [-0.15, -0.1) is 0 Å². The van der Waals surface area contributed by atoms with Crippen molar-refractivity contribution in [3.8, 4) is 0 Å². The molecule has 0 aliphatic heterocycles. The summed E-state index contributed by atoms with van der Waals surface area (Å²) in [6, 6.07) is 0. The molecule has 3 unspecified atom stereocenters. The summed E-state index contributed by atoms with van der Waals surface area (Å²) in [5, 5.41) is 12.2. The van der Waals surface area contributed by atoms with E-state index in [4.69, 9.17) is 14.2 Å². The highest BCUT2D eigenvalue weighted by molar-refractivity contribution is 9.09. The Bertz CT molecular complexity index is 1230. The van der Waals surface area contributed by atoms with E-state index in [-0.39, 0.29) is 50.9 Å². The summed E-state index contributed by atoms with van der Waals surface area (Å²) in [6.07, 6.45) is 7.97. The van der Waals surface area contributed by atoms with Crippen LogP contribution in [0.2, 0.25) is 0 Å². The summed E-state index contributed by atoms with van der Waals surface area (Å²) >= 11 is 4.02. The first-order valence-electron chi connectivity index (χ1n) is 17.0. The second kappa shape index (κ2) is 13.1. The Morgan fingerprint density at radius 2 is 1.69 bits per heavy atom. The van der Waals surface area contributed by atoms with Gasteiger partial charge in [-0.25, -0.2) is 4.79 Å². The van der Waals surface area contributed by atoms with Crippen LogP contribution in [0.3, 0.4) is 0 Å². The van der Waals surface area contributed by atoms with Gasteiger partial charge in [-0.2, -0.15) is 0 Å². The van der Waals surface area contributed by atoms with Crippen molar-refractivity contribution in [2.75, 3.05) is 6.79 Å². The van der Waals surface area contributed by atoms with Crippen LogP contribution in [-0.4, -0.2) is 46.8 Å². The third-order valence-electron chi connectivity index (χ3n) is 12.5. The molecule has 0 aromatic carbocycles. The van der Waals surface area contributed by atoms with Gasteiger partial charge in [0, 0.05) is 17.3 Å². The topological polar surface area (TPSA) is 99.1 Å². The lowest BCUT2D eigenvalue weighted by molar-refractivity contribution is -0.235. The Balaban J connectivity index is 1.68. The summed E-state index contributed by atoms with van der Waals surface area (Å²) < 4.78 is 16.7. The number of carbonyl (C=O) groups excluding carboxylic acids is 3. The summed E-state index contributed by atoms with van der Waals surface area (Å²) in [6.45, 7) is 19.9. The van der Waals surface area contributed by atoms with E-state index >= 15 is 0 Å². The summed E-state index contributed by atoms with van der Waals surface area (Å²) in [4.78, 5) is 37.9. The van der Waals surface area contributed by atoms with Gasteiger partial charge in [0.25, 0.3) is 0 Å². The number of alkyl halides is 1. The summed E-state index contributed by atoms with van der Waals surface area (Å²) in [5.74, 6) is -0.369. The molecule has 1 N–H and O–H groups in total. The molecule has 0 saturated heterocycles. The van der Waals surface area contributed by atoms with E-state index in [1.165, 1.54) is 12.5 Å². The van der Waals surface area contributed by atoms with Crippen LogP contribution in [0.1, 0.15) is 121 Å². The molecule has 4 aliphatic rings. The Morgan fingerprint density at radius 3 is 2.29 bits per heavy atom. The van der Waals surface area contributed by atoms with Crippen molar-refractivity contribution in [3.05, 3.63) is 22.8 Å².